The predicted octanol–water partition coefficient (Wildman–Crippen LogP) is -0.347. The largest absolute Gasteiger partial charge is 0.478 e. The molecule has 0 saturated heterocycles. The van der Waals surface area contributed by atoms with E-state index in [2.05, 4.69) is 9.47 Å². The molecule has 0 saturated carbocycles. The molecule has 0 fully saturated rings. The molecule has 110 valence electrons. The van der Waals surface area contributed by atoms with Gasteiger partial charge in [0.2, 0.25) is 5.06 Å². The van der Waals surface area contributed by atoms with Crippen molar-refractivity contribution in [1.29, 1.82) is 0 Å². The third-order valence-electron chi connectivity index (χ3n) is 1.95. The average Bonchev–Trinajstić information content (AvgIpc) is 2.14. The summed E-state index contributed by atoms with van der Waals surface area (Å²) in [6, 6.07) is 0. The SMILES string of the molecule is CC(O)(OC(C)(OC(C)(Cl)C(=O)O)C(=O)O)C(=O)O. The van der Waals surface area contributed by atoms with Crippen molar-refractivity contribution in [2.24, 2.45) is 0 Å². The molecule has 0 amide bonds. The normalized spacial score (nSPS) is 20.7. The Labute approximate surface area is 112 Å². The van der Waals surface area contributed by atoms with E-state index in [1.165, 1.54) is 0 Å². The van der Waals surface area contributed by atoms with Gasteiger partial charge in [0.15, 0.2) is 0 Å². The molecule has 0 heterocycles. The Hall–Kier alpha value is -1.42. The lowest BCUT2D eigenvalue weighted by molar-refractivity contribution is -0.330. The van der Waals surface area contributed by atoms with Crippen molar-refractivity contribution in [1.82, 2.24) is 0 Å². The minimum atomic E-state index is -2.92. The van der Waals surface area contributed by atoms with Crippen LogP contribution in [0.4, 0.5) is 0 Å². The molecule has 10 heteroatoms. The molecule has 3 atom stereocenters. The van der Waals surface area contributed by atoms with E-state index in [-0.39, 0.29) is 0 Å². The highest BCUT2D eigenvalue weighted by atomic mass is 35.5. The van der Waals surface area contributed by atoms with Crippen LogP contribution >= 0.6 is 11.6 Å². The van der Waals surface area contributed by atoms with Gasteiger partial charge in [0.05, 0.1) is 0 Å². The van der Waals surface area contributed by atoms with Gasteiger partial charge in [-0.25, -0.2) is 14.4 Å². The molecule has 0 aromatic heterocycles. The van der Waals surface area contributed by atoms with Gasteiger partial charge in [-0.15, -0.1) is 0 Å². The van der Waals surface area contributed by atoms with Gasteiger partial charge in [-0.05, 0) is 6.92 Å². The monoisotopic (exact) mass is 300 g/mol. The first-order valence-electron chi connectivity index (χ1n) is 4.76. The molecule has 0 bridgehead atoms. The Morgan fingerprint density at radius 3 is 1.58 bits per heavy atom. The molecule has 3 unspecified atom stereocenters. The van der Waals surface area contributed by atoms with E-state index in [0.717, 1.165) is 6.92 Å². The van der Waals surface area contributed by atoms with Crippen molar-refractivity contribution in [3.05, 3.63) is 0 Å². The number of ether oxygens (including phenoxy) is 2. The van der Waals surface area contributed by atoms with Crippen LogP contribution in [0.25, 0.3) is 0 Å². The zero-order valence-corrected chi connectivity index (χ0v) is 11.0. The first-order chi connectivity index (χ1) is 8.24. The number of rotatable bonds is 7. The van der Waals surface area contributed by atoms with Crippen LogP contribution in [0.5, 0.6) is 0 Å². The highest BCUT2D eigenvalue weighted by molar-refractivity contribution is 6.32. The second-order valence-electron chi connectivity index (χ2n) is 3.96. The number of hydrogen-bond acceptors (Lipinski definition) is 6. The van der Waals surface area contributed by atoms with E-state index >= 15 is 0 Å². The summed E-state index contributed by atoms with van der Waals surface area (Å²) < 4.78 is 8.98. The fraction of sp³-hybridized carbons (Fsp3) is 0.667. The highest BCUT2D eigenvalue weighted by Gasteiger charge is 2.51. The van der Waals surface area contributed by atoms with Crippen LogP contribution in [0.2, 0.25) is 0 Å². The number of hydrogen-bond donors (Lipinski definition) is 4. The van der Waals surface area contributed by atoms with Crippen LogP contribution in [-0.4, -0.2) is 55.0 Å². The molecule has 9 nitrogen and oxygen atoms in total. The van der Waals surface area contributed by atoms with Gasteiger partial charge < -0.3 is 25.2 Å². The first kappa shape index (κ1) is 17.6. The van der Waals surface area contributed by atoms with E-state index in [9.17, 15) is 19.5 Å². The summed E-state index contributed by atoms with van der Waals surface area (Å²) in [5.41, 5.74) is 0. The van der Waals surface area contributed by atoms with E-state index < -0.39 is 34.5 Å². The van der Waals surface area contributed by atoms with Crippen LogP contribution in [0.15, 0.2) is 0 Å². The molecular weight excluding hydrogens is 288 g/mol. The van der Waals surface area contributed by atoms with Crippen LogP contribution in [0.1, 0.15) is 20.8 Å². The van der Waals surface area contributed by atoms with Gasteiger partial charge in [-0.3, -0.25) is 4.74 Å². The third-order valence-corrected chi connectivity index (χ3v) is 2.19. The maximum atomic E-state index is 11.0. The van der Waals surface area contributed by atoms with Crippen LogP contribution < -0.4 is 0 Å². The zero-order valence-electron chi connectivity index (χ0n) is 10.2. The fourth-order valence-electron chi connectivity index (χ4n) is 0.940. The molecule has 4 N–H and O–H groups in total. The molecule has 0 aromatic carbocycles. The van der Waals surface area contributed by atoms with E-state index in [0.29, 0.717) is 13.8 Å². The van der Waals surface area contributed by atoms with Crippen molar-refractivity contribution < 1.29 is 44.3 Å². The summed E-state index contributed by atoms with van der Waals surface area (Å²) in [7, 11) is 0. The number of carboxylic acid groups (broad SMARTS) is 3. The van der Waals surface area contributed by atoms with Gasteiger partial charge in [0.1, 0.15) is 0 Å². The number of aliphatic hydroxyl groups is 1. The molecule has 0 spiro atoms. The molecule has 0 aliphatic heterocycles. The van der Waals surface area contributed by atoms with Gasteiger partial charge in [0.25, 0.3) is 11.6 Å². The summed E-state index contributed by atoms with van der Waals surface area (Å²) in [5.74, 6) is -11.2. The van der Waals surface area contributed by atoms with Gasteiger partial charge in [-0.2, -0.15) is 0 Å². The van der Waals surface area contributed by atoms with Crippen molar-refractivity contribution in [2.75, 3.05) is 0 Å². The average molecular weight is 301 g/mol. The number of carbonyl (C=O) groups is 3. The Balaban J connectivity index is 5.36. The van der Waals surface area contributed by atoms with Crippen molar-refractivity contribution in [3.8, 4) is 0 Å². The zero-order chi connectivity index (χ0) is 15.6. The minimum absolute atomic E-state index is 0.645. The predicted molar refractivity (Wildman–Crippen MR) is 58.4 cm³/mol. The Morgan fingerprint density at radius 2 is 1.32 bits per heavy atom. The van der Waals surface area contributed by atoms with Crippen LogP contribution in [-0.2, 0) is 23.9 Å². The Bertz CT molecular complexity index is 372. The maximum Gasteiger partial charge on any atom is 0.364 e. The van der Waals surface area contributed by atoms with Crippen molar-refractivity contribution in [3.63, 3.8) is 0 Å². The van der Waals surface area contributed by atoms with E-state index in [4.69, 9.17) is 26.9 Å². The fourth-order valence-corrected chi connectivity index (χ4v) is 1.09. The number of alkyl halides is 1. The summed E-state index contributed by atoms with van der Waals surface area (Å²) >= 11 is 5.41. The lowest BCUT2D eigenvalue weighted by atomic mass is 10.2. The van der Waals surface area contributed by atoms with E-state index in [1.807, 2.05) is 0 Å². The molecule has 0 aromatic rings. The second-order valence-corrected chi connectivity index (χ2v) is 4.69. The van der Waals surface area contributed by atoms with Gasteiger partial charge >= 0.3 is 17.9 Å². The van der Waals surface area contributed by atoms with Crippen LogP contribution in [0.3, 0.4) is 0 Å². The number of aliphatic carboxylic acids is 3. The summed E-state index contributed by atoms with van der Waals surface area (Å²) in [6.07, 6.45) is 0. The number of halogens is 1. The lowest BCUT2D eigenvalue weighted by Crippen LogP contribution is -2.55. The molecule has 0 aliphatic carbocycles. The maximum absolute atomic E-state index is 11.0. The van der Waals surface area contributed by atoms with Crippen molar-refractivity contribution in [2.45, 2.75) is 37.4 Å². The van der Waals surface area contributed by atoms with Crippen molar-refractivity contribution >= 4 is 29.5 Å². The molecule has 0 aliphatic rings. The Morgan fingerprint density at radius 1 is 0.895 bits per heavy atom. The van der Waals surface area contributed by atoms with E-state index in [1.54, 1.807) is 0 Å². The summed E-state index contributed by atoms with van der Waals surface area (Å²) in [5, 5.41) is 33.1. The van der Waals surface area contributed by atoms with Crippen LogP contribution in [0, 0.1) is 0 Å². The molecule has 0 radical (unpaired) electrons. The standard InChI is InChI=1S/C9H13ClO9/c1-7(10,4(11)12)18-9(3,6(15)16)19-8(2,17)5(13)14/h17H,1-3H3,(H,11,12)(H,13,14)(H,15,16). The second kappa shape index (κ2) is 5.29. The smallest absolute Gasteiger partial charge is 0.364 e. The minimum Gasteiger partial charge on any atom is -0.478 e. The molecule has 19 heavy (non-hydrogen) atoms. The Kier molecular flexibility index (Phi) is 4.90. The quantitative estimate of drug-likeness (QED) is 0.365. The highest BCUT2D eigenvalue weighted by Crippen LogP contribution is 2.29. The summed E-state index contributed by atoms with van der Waals surface area (Å²) in [6.45, 7) is 2.17. The van der Waals surface area contributed by atoms with Gasteiger partial charge in [-0.1, -0.05) is 11.6 Å². The third kappa shape index (κ3) is 4.31. The number of carboxylic acids is 3. The molecule has 0 rings (SSSR count). The topological polar surface area (TPSA) is 151 Å². The van der Waals surface area contributed by atoms with Gasteiger partial charge in [0, 0.05) is 13.8 Å². The lowest BCUT2D eigenvalue weighted by Gasteiger charge is -2.34. The first-order valence-corrected chi connectivity index (χ1v) is 5.14. The molecular formula is C9H13ClO9. The summed E-state index contributed by atoms with van der Waals surface area (Å²) in [4.78, 5) is 32.4.